The summed E-state index contributed by atoms with van der Waals surface area (Å²) in [4.78, 5) is 26.4. The molecule has 0 saturated heterocycles. The molecule has 25 heavy (non-hydrogen) atoms. The monoisotopic (exact) mass is 332 g/mol. The fourth-order valence-electron chi connectivity index (χ4n) is 3.21. The zero-order chi connectivity index (χ0) is 17.2. The summed E-state index contributed by atoms with van der Waals surface area (Å²) in [6.45, 7) is 1.52. The highest BCUT2D eigenvalue weighted by Crippen LogP contribution is 2.30. The summed E-state index contributed by atoms with van der Waals surface area (Å²) in [5, 5.41) is 0. The van der Waals surface area contributed by atoms with Gasteiger partial charge in [-0.15, -0.1) is 0 Å². The van der Waals surface area contributed by atoms with E-state index in [1.54, 1.807) is 4.90 Å². The number of para-hydroxylation sites is 2. The van der Waals surface area contributed by atoms with E-state index in [9.17, 15) is 4.79 Å². The Morgan fingerprint density at radius 1 is 0.920 bits per heavy atom. The number of nitrogens with zero attached hydrogens (tertiary/aromatic N) is 4. The largest absolute Gasteiger partial charge is 0.357 e. The van der Waals surface area contributed by atoms with Gasteiger partial charge in [0, 0.05) is 20.1 Å². The number of aromatic nitrogens is 2. The summed E-state index contributed by atoms with van der Waals surface area (Å²) in [5.74, 6) is 1.50. The second-order valence-corrected chi connectivity index (χ2v) is 6.34. The molecule has 0 spiro atoms. The van der Waals surface area contributed by atoms with Gasteiger partial charge in [-0.25, -0.2) is 9.97 Å². The topological polar surface area (TPSA) is 49.3 Å². The minimum absolute atomic E-state index is 0.0623. The lowest BCUT2D eigenvalue weighted by Crippen LogP contribution is -2.33. The number of hydrogen-bond acceptors (Lipinski definition) is 4. The zero-order valence-electron chi connectivity index (χ0n) is 14.2. The molecule has 0 radical (unpaired) electrons. The molecule has 1 aromatic heterocycles. The van der Waals surface area contributed by atoms with Gasteiger partial charge in [-0.2, -0.15) is 0 Å². The third-order valence-corrected chi connectivity index (χ3v) is 4.53. The van der Waals surface area contributed by atoms with Crippen LogP contribution in [0, 0.1) is 0 Å². The number of benzene rings is 2. The van der Waals surface area contributed by atoms with Crippen LogP contribution in [0.15, 0.2) is 54.6 Å². The number of fused-ring (bicyclic) bond motifs is 2. The Morgan fingerprint density at radius 2 is 1.56 bits per heavy atom. The molecular formula is C20H20N4O. The molecule has 0 aliphatic carbocycles. The molecule has 5 nitrogen and oxygen atoms in total. The molecule has 0 unspecified atom stereocenters. The predicted octanol–water partition coefficient (Wildman–Crippen LogP) is 3.05. The van der Waals surface area contributed by atoms with Gasteiger partial charge in [-0.1, -0.05) is 42.5 Å². The van der Waals surface area contributed by atoms with Gasteiger partial charge < -0.3 is 4.90 Å². The van der Waals surface area contributed by atoms with Crippen LogP contribution in [-0.4, -0.2) is 36.0 Å². The smallest absolute Gasteiger partial charge is 0.232 e. The lowest BCUT2D eigenvalue weighted by atomic mass is 10.1. The molecule has 0 fully saturated rings. The summed E-state index contributed by atoms with van der Waals surface area (Å²) < 4.78 is 0. The summed E-state index contributed by atoms with van der Waals surface area (Å²) in [5.41, 5.74) is 2.68. The highest BCUT2D eigenvalue weighted by Gasteiger charge is 2.26. The molecule has 0 atom stereocenters. The predicted molar refractivity (Wildman–Crippen MR) is 99.9 cm³/mol. The molecule has 0 saturated carbocycles. The lowest BCUT2D eigenvalue weighted by Gasteiger charge is -2.23. The van der Waals surface area contributed by atoms with Crippen molar-refractivity contribution in [3.63, 3.8) is 0 Å². The lowest BCUT2D eigenvalue weighted by molar-refractivity contribution is -0.118. The van der Waals surface area contributed by atoms with Crippen molar-refractivity contribution in [2.24, 2.45) is 0 Å². The Bertz CT molecular complexity index is 910. The highest BCUT2D eigenvalue weighted by molar-refractivity contribution is 5.97. The zero-order valence-corrected chi connectivity index (χ0v) is 14.2. The van der Waals surface area contributed by atoms with Crippen LogP contribution in [-0.2, 0) is 11.2 Å². The van der Waals surface area contributed by atoms with Crippen LogP contribution in [0.3, 0.4) is 0 Å². The van der Waals surface area contributed by atoms with E-state index in [-0.39, 0.29) is 5.91 Å². The third kappa shape index (κ3) is 3.05. The van der Waals surface area contributed by atoms with Gasteiger partial charge in [0.2, 0.25) is 5.91 Å². The van der Waals surface area contributed by atoms with Gasteiger partial charge in [-0.3, -0.25) is 9.69 Å². The SMILES string of the molecule is CN1CCCN(C(=O)Cc2ccccc2)c2nc3ccccc3nc21. The molecule has 0 N–H and O–H groups in total. The first-order chi connectivity index (χ1) is 12.2. The molecule has 1 amide bonds. The molecule has 0 bridgehead atoms. The van der Waals surface area contributed by atoms with Gasteiger partial charge in [0.05, 0.1) is 17.5 Å². The summed E-state index contributed by atoms with van der Waals surface area (Å²) in [6, 6.07) is 17.6. The third-order valence-electron chi connectivity index (χ3n) is 4.53. The van der Waals surface area contributed by atoms with Crippen molar-refractivity contribution in [3.05, 3.63) is 60.2 Å². The number of hydrogen-bond donors (Lipinski definition) is 0. The van der Waals surface area contributed by atoms with Gasteiger partial charge in [0.15, 0.2) is 11.6 Å². The van der Waals surface area contributed by atoms with E-state index in [1.165, 1.54) is 0 Å². The van der Waals surface area contributed by atoms with Crippen LogP contribution in [0.4, 0.5) is 11.6 Å². The Morgan fingerprint density at radius 3 is 2.28 bits per heavy atom. The van der Waals surface area contributed by atoms with E-state index in [4.69, 9.17) is 9.97 Å². The van der Waals surface area contributed by atoms with Gasteiger partial charge in [0.25, 0.3) is 0 Å². The van der Waals surface area contributed by atoms with E-state index in [1.807, 2.05) is 61.6 Å². The average Bonchev–Trinajstić information content (AvgIpc) is 2.80. The van der Waals surface area contributed by atoms with Crippen LogP contribution >= 0.6 is 0 Å². The molecule has 3 aromatic rings. The van der Waals surface area contributed by atoms with E-state index in [2.05, 4.69) is 4.90 Å². The summed E-state index contributed by atoms with van der Waals surface area (Å²) in [6.07, 6.45) is 1.27. The summed E-state index contributed by atoms with van der Waals surface area (Å²) in [7, 11) is 2.01. The number of carbonyl (C=O) groups excluding carboxylic acids is 1. The number of anilines is 2. The van der Waals surface area contributed by atoms with E-state index in [0.717, 1.165) is 35.4 Å². The van der Waals surface area contributed by atoms with Gasteiger partial charge in [0.1, 0.15) is 0 Å². The van der Waals surface area contributed by atoms with E-state index in [0.29, 0.717) is 18.8 Å². The van der Waals surface area contributed by atoms with E-state index < -0.39 is 0 Å². The maximum Gasteiger partial charge on any atom is 0.232 e. The Kier molecular flexibility index (Phi) is 4.06. The standard InChI is InChI=1S/C20H20N4O/c1-23-12-7-13-24(18(25)14-15-8-3-2-4-9-15)20-19(23)21-16-10-5-6-11-17(16)22-20/h2-6,8-11H,7,12-14H2,1H3. The number of carbonyl (C=O) groups is 1. The van der Waals surface area contributed by atoms with Crippen molar-refractivity contribution < 1.29 is 4.79 Å². The second-order valence-electron chi connectivity index (χ2n) is 6.34. The first-order valence-electron chi connectivity index (χ1n) is 8.54. The quantitative estimate of drug-likeness (QED) is 0.724. The Labute approximate surface area is 146 Å². The normalized spacial score (nSPS) is 14.3. The van der Waals surface area contributed by atoms with Crippen LogP contribution in [0.2, 0.25) is 0 Å². The van der Waals surface area contributed by atoms with Crippen molar-refractivity contribution in [3.8, 4) is 0 Å². The highest BCUT2D eigenvalue weighted by atomic mass is 16.2. The molecule has 1 aliphatic heterocycles. The molecule has 126 valence electrons. The van der Waals surface area contributed by atoms with E-state index >= 15 is 0 Å². The number of amides is 1. The maximum atomic E-state index is 13.0. The van der Waals surface area contributed by atoms with Crippen LogP contribution < -0.4 is 9.80 Å². The van der Waals surface area contributed by atoms with Crippen LogP contribution in [0.25, 0.3) is 11.0 Å². The first kappa shape index (κ1) is 15.6. The summed E-state index contributed by atoms with van der Waals surface area (Å²) >= 11 is 0. The van der Waals surface area contributed by atoms with Crippen LogP contribution in [0.1, 0.15) is 12.0 Å². The molecule has 2 aromatic carbocycles. The second kappa shape index (κ2) is 6.51. The Hall–Kier alpha value is -2.95. The molecular weight excluding hydrogens is 312 g/mol. The Balaban J connectivity index is 1.75. The van der Waals surface area contributed by atoms with Crippen molar-refractivity contribution >= 4 is 28.6 Å². The number of rotatable bonds is 2. The van der Waals surface area contributed by atoms with Crippen LogP contribution in [0.5, 0.6) is 0 Å². The fraction of sp³-hybridized carbons (Fsp3) is 0.250. The molecule has 2 heterocycles. The first-order valence-corrected chi connectivity index (χ1v) is 8.54. The average molecular weight is 332 g/mol. The van der Waals surface area contributed by atoms with Crippen molar-refractivity contribution in [1.29, 1.82) is 0 Å². The molecule has 4 rings (SSSR count). The van der Waals surface area contributed by atoms with Gasteiger partial charge >= 0.3 is 0 Å². The fourth-order valence-corrected chi connectivity index (χ4v) is 3.21. The molecule has 5 heteroatoms. The van der Waals surface area contributed by atoms with Crippen molar-refractivity contribution in [1.82, 2.24) is 9.97 Å². The molecule has 1 aliphatic rings. The van der Waals surface area contributed by atoms with Crippen molar-refractivity contribution in [2.75, 3.05) is 29.9 Å². The minimum Gasteiger partial charge on any atom is -0.357 e. The minimum atomic E-state index is 0.0623. The maximum absolute atomic E-state index is 13.0. The van der Waals surface area contributed by atoms with Gasteiger partial charge in [-0.05, 0) is 24.1 Å². The van der Waals surface area contributed by atoms with Crippen molar-refractivity contribution in [2.45, 2.75) is 12.8 Å².